The minimum atomic E-state index is -4.44. The Morgan fingerprint density at radius 3 is 2.62 bits per heavy atom. The SMILES string of the molecule is N#Cc1cccc(-c2noc(Nc3cccc(C(F)(F)F)c3)n2)c1. The molecule has 3 rings (SSSR count). The lowest BCUT2D eigenvalue weighted by Crippen LogP contribution is -2.05. The first kappa shape index (κ1) is 15.6. The summed E-state index contributed by atoms with van der Waals surface area (Å²) in [5, 5.41) is 15.3. The molecule has 0 aliphatic rings. The second-order valence-electron chi connectivity index (χ2n) is 4.82. The Kier molecular flexibility index (Phi) is 3.92. The maximum atomic E-state index is 12.7. The van der Waals surface area contributed by atoms with Gasteiger partial charge in [-0.1, -0.05) is 23.4 Å². The number of anilines is 2. The zero-order chi connectivity index (χ0) is 17.2. The molecule has 0 fully saturated rings. The highest BCUT2D eigenvalue weighted by molar-refractivity contribution is 5.60. The van der Waals surface area contributed by atoms with Gasteiger partial charge in [-0.3, -0.25) is 0 Å². The highest BCUT2D eigenvalue weighted by Gasteiger charge is 2.30. The summed E-state index contributed by atoms with van der Waals surface area (Å²) in [5.41, 5.74) is 0.388. The van der Waals surface area contributed by atoms with Crippen molar-refractivity contribution in [2.24, 2.45) is 0 Å². The van der Waals surface area contributed by atoms with Gasteiger partial charge in [-0.25, -0.2) is 0 Å². The largest absolute Gasteiger partial charge is 0.416 e. The molecule has 5 nitrogen and oxygen atoms in total. The molecule has 0 radical (unpaired) electrons. The number of hydrogen-bond donors (Lipinski definition) is 1. The van der Waals surface area contributed by atoms with E-state index < -0.39 is 11.7 Å². The van der Waals surface area contributed by atoms with Gasteiger partial charge in [-0.15, -0.1) is 0 Å². The van der Waals surface area contributed by atoms with E-state index in [0.717, 1.165) is 12.1 Å². The molecule has 0 saturated heterocycles. The van der Waals surface area contributed by atoms with Crippen LogP contribution in [0.2, 0.25) is 0 Å². The number of aromatic nitrogens is 2. The summed E-state index contributed by atoms with van der Waals surface area (Å²) in [6, 6.07) is 13.2. The average Bonchev–Trinajstić information content (AvgIpc) is 3.03. The average molecular weight is 330 g/mol. The molecule has 8 heteroatoms. The monoisotopic (exact) mass is 330 g/mol. The maximum Gasteiger partial charge on any atom is 0.416 e. The minimum absolute atomic E-state index is 0.0494. The Hall–Kier alpha value is -3.34. The van der Waals surface area contributed by atoms with E-state index in [1.807, 2.05) is 6.07 Å². The predicted molar refractivity (Wildman–Crippen MR) is 79.2 cm³/mol. The highest BCUT2D eigenvalue weighted by atomic mass is 19.4. The van der Waals surface area contributed by atoms with Crippen LogP contribution >= 0.6 is 0 Å². The Morgan fingerprint density at radius 1 is 1.08 bits per heavy atom. The van der Waals surface area contributed by atoms with Crippen molar-refractivity contribution in [1.82, 2.24) is 10.1 Å². The molecule has 0 saturated carbocycles. The molecule has 0 bridgehead atoms. The second kappa shape index (κ2) is 6.04. The number of benzene rings is 2. The molecule has 3 aromatic rings. The van der Waals surface area contributed by atoms with Gasteiger partial charge in [0.25, 0.3) is 0 Å². The van der Waals surface area contributed by atoms with Crippen molar-refractivity contribution < 1.29 is 17.7 Å². The van der Waals surface area contributed by atoms with Crippen molar-refractivity contribution in [2.45, 2.75) is 6.18 Å². The molecule has 1 heterocycles. The quantitative estimate of drug-likeness (QED) is 0.772. The molecular formula is C16H9F3N4O. The van der Waals surface area contributed by atoms with Crippen LogP contribution in [-0.4, -0.2) is 10.1 Å². The zero-order valence-electron chi connectivity index (χ0n) is 12.0. The smallest absolute Gasteiger partial charge is 0.315 e. The van der Waals surface area contributed by atoms with Crippen LogP contribution in [0, 0.1) is 11.3 Å². The van der Waals surface area contributed by atoms with Crippen LogP contribution in [0.4, 0.5) is 24.9 Å². The number of rotatable bonds is 3. The molecule has 24 heavy (non-hydrogen) atoms. The van der Waals surface area contributed by atoms with E-state index in [0.29, 0.717) is 11.1 Å². The lowest BCUT2D eigenvalue weighted by atomic mass is 10.1. The number of hydrogen-bond acceptors (Lipinski definition) is 5. The molecule has 0 aliphatic carbocycles. The van der Waals surface area contributed by atoms with Crippen LogP contribution in [0.25, 0.3) is 11.4 Å². The third-order valence-corrected chi connectivity index (χ3v) is 3.12. The predicted octanol–water partition coefficient (Wildman–Crippen LogP) is 4.37. The van der Waals surface area contributed by atoms with Gasteiger partial charge >= 0.3 is 12.2 Å². The number of halogens is 3. The molecule has 0 atom stereocenters. The van der Waals surface area contributed by atoms with Gasteiger partial charge in [0.05, 0.1) is 17.2 Å². The van der Waals surface area contributed by atoms with E-state index >= 15 is 0 Å². The van der Waals surface area contributed by atoms with Gasteiger partial charge in [0.1, 0.15) is 0 Å². The molecule has 0 unspecified atom stereocenters. The van der Waals surface area contributed by atoms with E-state index in [4.69, 9.17) is 9.78 Å². The van der Waals surface area contributed by atoms with Crippen LogP contribution < -0.4 is 5.32 Å². The van der Waals surface area contributed by atoms with Gasteiger partial charge in [-0.2, -0.15) is 23.4 Å². The lowest BCUT2D eigenvalue weighted by Gasteiger charge is -2.08. The molecular weight excluding hydrogens is 321 g/mol. The van der Waals surface area contributed by atoms with Crippen molar-refractivity contribution in [1.29, 1.82) is 5.26 Å². The van der Waals surface area contributed by atoms with Crippen LogP contribution in [0.1, 0.15) is 11.1 Å². The first-order valence-corrected chi connectivity index (χ1v) is 6.74. The maximum absolute atomic E-state index is 12.7. The summed E-state index contributed by atoms with van der Waals surface area (Å²) in [5.74, 6) is 0.224. The van der Waals surface area contributed by atoms with Crippen LogP contribution in [0.15, 0.2) is 53.1 Å². The van der Waals surface area contributed by atoms with Crippen molar-refractivity contribution in [3.8, 4) is 17.5 Å². The third-order valence-electron chi connectivity index (χ3n) is 3.12. The van der Waals surface area contributed by atoms with Crippen LogP contribution in [0.3, 0.4) is 0 Å². The van der Waals surface area contributed by atoms with E-state index in [1.165, 1.54) is 12.1 Å². The summed E-state index contributed by atoms with van der Waals surface area (Å²) in [6.45, 7) is 0. The summed E-state index contributed by atoms with van der Waals surface area (Å²) >= 11 is 0. The first-order chi connectivity index (χ1) is 11.5. The van der Waals surface area contributed by atoms with Crippen molar-refractivity contribution >= 4 is 11.7 Å². The van der Waals surface area contributed by atoms with Crippen LogP contribution in [-0.2, 0) is 6.18 Å². The minimum Gasteiger partial charge on any atom is -0.315 e. The molecule has 120 valence electrons. The van der Waals surface area contributed by atoms with E-state index in [9.17, 15) is 13.2 Å². The van der Waals surface area contributed by atoms with Gasteiger partial charge in [-0.05, 0) is 30.3 Å². The van der Waals surface area contributed by atoms with Crippen molar-refractivity contribution in [2.75, 3.05) is 5.32 Å². The molecule has 0 spiro atoms. The number of nitrogens with one attached hydrogen (secondary N) is 1. The number of alkyl halides is 3. The molecule has 2 aromatic carbocycles. The summed E-state index contributed by atoms with van der Waals surface area (Å²) in [4.78, 5) is 4.06. The van der Waals surface area contributed by atoms with Crippen molar-refractivity contribution in [3.63, 3.8) is 0 Å². The van der Waals surface area contributed by atoms with Gasteiger partial charge < -0.3 is 9.84 Å². The fourth-order valence-electron chi connectivity index (χ4n) is 2.02. The summed E-state index contributed by atoms with van der Waals surface area (Å²) in [7, 11) is 0. The second-order valence-corrected chi connectivity index (χ2v) is 4.82. The third kappa shape index (κ3) is 3.35. The van der Waals surface area contributed by atoms with E-state index in [1.54, 1.807) is 24.3 Å². The first-order valence-electron chi connectivity index (χ1n) is 6.74. The summed E-state index contributed by atoms with van der Waals surface area (Å²) in [6.07, 6.45) is -4.44. The fraction of sp³-hybridized carbons (Fsp3) is 0.0625. The molecule has 0 aliphatic heterocycles. The molecule has 1 aromatic heterocycles. The molecule has 1 N–H and O–H groups in total. The highest BCUT2D eigenvalue weighted by Crippen LogP contribution is 2.31. The zero-order valence-corrected chi connectivity index (χ0v) is 12.0. The summed E-state index contributed by atoms with van der Waals surface area (Å²) < 4.78 is 43.1. The van der Waals surface area contributed by atoms with Crippen LogP contribution in [0.5, 0.6) is 0 Å². The Balaban J connectivity index is 1.83. The Labute approximate surface area is 134 Å². The lowest BCUT2D eigenvalue weighted by molar-refractivity contribution is -0.137. The Morgan fingerprint density at radius 2 is 1.88 bits per heavy atom. The fourth-order valence-corrected chi connectivity index (χ4v) is 2.02. The molecule has 0 amide bonds. The van der Waals surface area contributed by atoms with Gasteiger partial charge in [0.15, 0.2) is 0 Å². The van der Waals surface area contributed by atoms with E-state index in [-0.39, 0.29) is 17.5 Å². The topological polar surface area (TPSA) is 74.7 Å². The Bertz CT molecular complexity index is 912. The number of nitriles is 1. The van der Waals surface area contributed by atoms with Crippen molar-refractivity contribution in [3.05, 3.63) is 59.7 Å². The normalized spacial score (nSPS) is 11.1. The standard InChI is InChI=1S/C16H9F3N4O/c17-16(18,19)12-5-2-6-13(8-12)21-15-22-14(23-24-15)11-4-1-3-10(7-11)9-20/h1-8H,(H,21,22,23). The van der Waals surface area contributed by atoms with Gasteiger partial charge in [0.2, 0.25) is 5.82 Å². The van der Waals surface area contributed by atoms with Gasteiger partial charge in [0, 0.05) is 11.3 Å². The van der Waals surface area contributed by atoms with E-state index in [2.05, 4.69) is 15.5 Å². The number of nitrogens with zero attached hydrogens (tertiary/aromatic N) is 3.